The molecule has 0 amide bonds. The molecule has 0 heterocycles. The maximum atomic E-state index is 13.2. The smallest absolute Gasteiger partial charge is 0.385 e. The fraction of sp³-hybridized carbons (Fsp3) is 1.00. The summed E-state index contributed by atoms with van der Waals surface area (Å²) in [5.41, 5.74) is 0.477. The Labute approximate surface area is 177 Å². The van der Waals surface area contributed by atoms with E-state index in [0.717, 1.165) is 37.2 Å². The van der Waals surface area contributed by atoms with Gasteiger partial charge in [0.25, 0.3) is 0 Å². The standard InChI is InChI=1S/C23H37F3O.2CH4/c1-22-12-11-19-18-9-6-17(23(24,25)26)14-15(18)5-8-20(19)21(22)10-7-16(22)4-3-13-27-2;;/h15-21H,3-14H2,1-2H3;2*1H4/t15-,16?,17+,18+,19?,20-,21?,22-;;/m1../s1. The molecule has 4 rings (SSSR count). The van der Waals surface area contributed by atoms with Crippen molar-refractivity contribution in [3.05, 3.63) is 0 Å². The van der Waals surface area contributed by atoms with E-state index < -0.39 is 12.1 Å². The van der Waals surface area contributed by atoms with Gasteiger partial charge < -0.3 is 4.74 Å². The Morgan fingerprint density at radius 2 is 1.62 bits per heavy atom. The molecular weight excluding hydrogens is 373 g/mol. The Balaban J connectivity index is 0.00000150. The quantitative estimate of drug-likeness (QED) is 0.419. The van der Waals surface area contributed by atoms with Gasteiger partial charge in [-0.15, -0.1) is 0 Å². The lowest BCUT2D eigenvalue weighted by atomic mass is 9.49. The maximum absolute atomic E-state index is 13.2. The lowest BCUT2D eigenvalue weighted by molar-refractivity contribution is -0.196. The molecule has 0 spiro atoms. The van der Waals surface area contributed by atoms with Crippen LogP contribution >= 0.6 is 0 Å². The highest BCUT2D eigenvalue weighted by Crippen LogP contribution is 2.65. The third kappa shape index (κ3) is 4.53. The molecule has 3 unspecified atom stereocenters. The summed E-state index contributed by atoms with van der Waals surface area (Å²) in [5, 5.41) is 0. The van der Waals surface area contributed by atoms with Crippen molar-refractivity contribution >= 4 is 0 Å². The van der Waals surface area contributed by atoms with Gasteiger partial charge in [0.1, 0.15) is 0 Å². The summed E-state index contributed by atoms with van der Waals surface area (Å²) in [6.07, 6.45) is 7.66. The van der Waals surface area contributed by atoms with Crippen LogP contribution in [-0.2, 0) is 4.74 Å². The average Bonchev–Trinajstić information content (AvgIpc) is 2.97. The Morgan fingerprint density at radius 1 is 0.897 bits per heavy atom. The van der Waals surface area contributed by atoms with Crippen molar-refractivity contribution in [1.82, 2.24) is 0 Å². The van der Waals surface area contributed by atoms with Crippen LogP contribution in [0.15, 0.2) is 0 Å². The molecule has 4 heteroatoms. The summed E-state index contributed by atoms with van der Waals surface area (Å²) in [5.74, 6) is 3.06. The molecule has 0 aromatic heterocycles. The summed E-state index contributed by atoms with van der Waals surface area (Å²) in [6, 6.07) is 0. The van der Waals surface area contributed by atoms with E-state index in [9.17, 15) is 13.2 Å². The average molecular weight is 419 g/mol. The zero-order valence-electron chi connectivity index (χ0n) is 17.1. The van der Waals surface area contributed by atoms with Gasteiger partial charge in [-0.05, 0) is 112 Å². The fourth-order valence-electron chi connectivity index (χ4n) is 8.21. The van der Waals surface area contributed by atoms with E-state index in [4.69, 9.17) is 4.74 Å². The van der Waals surface area contributed by atoms with E-state index in [1.807, 2.05) is 0 Å². The van der Waals surface area contributed by atoms with Gasteiger partial charge in [0.05, 0.1) is 5.92 Å². The van der Waals surface area contributed by atoms with Crippen molar-refractivity contribution in [2.45, 2.75) is 98.6 Å². The zero-order chi connectivity index (χ0) is 19.2. The Morgan fingerprint density at radius 3 is 2.31 bits per heavy atom. The third-order valence-corrected chi connectivity index (χ3v) is 9.51. The highest BCUT2D eigenvalue weighted by Gasteiger charge is 2.57. The summed E-state index contributed by atoms with van der Waals surface area (Å²) in [4.78, 5) is 0. The molecule has 0 aromatic carbocycles. The molecule has 172 valence electrons. The number of ether oxygens (including phenoxy) is 1. The first-order valence-electron chi connectivity index (χ1n) is 11.4. The summed E-state index contributed by atoms with van der Waals surface area (Å²) < 4.78 is 44.9. The second-order valence-electron chi connectivity index (χ2n) is 10.4. The van der Waals surface area contributed by atoms with Crippen molar-refractivity contribution in [3.63, 3.8) is 0 Å². The predicted octanol–water partition coefficient (Wildman–Crippen LogP) is 8.13. The SMILES string of the molecule is C.C.COCCCC1CCC2[C@@H]3CC[C@@H]4C[C@@H](C(F)(F)F)CC[C@@H]4C3CC[C@]12C. The topological polar surface area (TPSA) is 9.23 Å². The molecule has 0 aliphatic heterocycles. The normalized spacial score (nSPS) is 44.0. The molecule has 0 N–H and O–H groups in total. The van der Waals surface area contributed by atoms with E-state index in [2.05, 4.69) is 6.92 Å². The van der Waals surface area contributed by atoms with Crippen LogP contribution in [0.5, 0.6) is 0 Å². The van der Waals surface area contributed by atoms with Crippen LogP contribution in [0.4, 0.5) is 13.2 Å². The lowest BCUT2D eigenvalue weighted by Crippen LogP contribution is -2.49. The number of methoxy groups -OCH3 is 1. The van der Waals surface area contributed by atoms with Gasteiger partial charge in [0, 0.05) is 13.7 Å². The van der Waals surface area contributed by atoms with Crippen LogP contribution in [-0.4, -0.2) is 19.9 Å². The van der Waals surface area contributed by atoms with Crippen LogP contribution in [0.3, 0.4) is 0 Å². The second-order valence-corrected chi connectivity index (χ2v) is 10.4. The maximum Gasteiger partial charge on any atom is 0.391 e. The first-order chi connectivity index (χ1) is 12.8. The fourth-order valence-corrected chi connectivity index (χ4v) is 8.21. The van der Waals surface area contributed by atoms with Gasteiger partial charge in [-0.25, -0.2) is 0 Å². The van der Waals surface area contributed by atoms with Gasteiger partial charge in [0.15, 0.2) is 0 Å². The van der Waals surface area contributed by atoms with Gasteiger partial charge in [0.2, 0.25) is 0 Å². The van der Waals surface area contributed by atoms with Crippen molar-refractivity contribution in [2.24, 2.45) is 46.8 Å². The third-order valence-electron chi connectivity index (χ3n) is 9.51. The van der Waals surface area contributed by atoms with Crippen molar-refractivity contribution in [2.75, 3.05) is 13.7 Å². The van der Waals surface area contributed by atoms with Crippen LogP contribution in [0.2, 0.25) is 0 Å². The number of hydrogen-bond donors (Lipinski definition) is 0. The molecule has 4 aliphatic rings. The number of halogens is 3. The molecule has 0 bridgehead atoms. The molecule has 29 heavy (non-hydrogen) atoms. The molecule has 0 saturated heterocycles. The Kier molecular flexibility index (Phi) is 8.18. The predicted molar refractivity (Wildman–Crippen MR) is 115 cm³/mol. The van der Waals surface area contributed by atoms with E-state index in [-0.39, 0.29) is 14.9 Å². The highest BCUT2D eigenvalue weighted by molar-refractivity contribution is 5.06. The molecule has 4 aliphatic carbocycles. The molecule has 0 aromatic rings. The van der Waals surface area contributed by atoms with Crippen molar-refractivity contribution < 1.29 is 17.9 Å². The van der Waals surface area contributed by atoms with E-state index in [1.165, 1.54) is 44.9 Å². The van der Waals surface area contributed by atoms with Gasteiger partial charge in [-0.2, -0.15) is 13.2 Å². The second kappa shape index (κ2) is 9.49. The summed E-state index contributed by atoms with van der Waals surface area (Å²) in [7, 11) is 1.79. The first-order valence-corrected chi connectivity index (χ1v) is 11.4. The Bertz CT molecular complexity index is 519. The van der Waals surface area contributed by atoms with Gasteiger partial charge in [-0.1, -0.05) is 21.8 Å². The number of alkyl halides is 3. The zero-order valence-corrected chi connectivity index (χ0v) is 17.1. The van der Waals surface area contributed by atoms with Crippen molar-refractivity contribution in [3.8, 4) is 0 Å². The molecule has 4 fully saturated rings. The largest absolute Gasteiger partial charge is 0.391 e. The van der Waals surface area contributed by atoms with Crippen LogP contribution in [0, 0.1) is 46.8 Å². The number of rotatable bonds is 4. The van der Waals surface area contributed by atoms with Gasteiger partial charge in [-0.3, -0.25) is 0 Å². The minimum Gasteiger partial charge on any atom is -0.385 e. The van der Waals surface area contributed by atoms with E-state index in [1.54, 1.807) is 7.11 Å². The van der Waals surface area contributed by atoms with Crippen LogP contribution in [0.25, 0.3) is 0 Å². The van der Waals surface area contributed by atoms with Crippen LogP contribution < -0.4 is 0 Å². The van der Waals surface area contributed by atoms with E-state index >= 15 is 0 Å². The summed E-state index contributed by atoms with van der Waals surface area (Å²) in [6.45, 7) is 3.42. The molecule has 4 saturated carbocycles. The first kappa shape index (κ1) is 25.0. The molecular formula is C25H45F3O. The number of fused-ring (bicyclic) bond motifs is 5. The lowest BCUT2D eigenvalue weighted by Gasteiger charge is -2.56. The number of hydrogen-bond acceptors (Lipinski definition) is 1. The molecule has 1 nitrogen and oxygen atoms in total. The minimum atomic E-state index is -3.98. The summed E-state index contributed by atoms with van der Waals surface area (Å²) >= 11 is 0. The van der Waals surface area contributed by atoms with Crippen molar-refractivity contribution in [1.29, 1.82) is 0 Å². The van der Waals surface area contributed by atoms with E-state index in [0.29, 0.717) is 36.0 Å². The van der Waals surface area contributed by atoms with Gasteiger partial charge >= 0.3 is 6.18 Å². The molecule has 0 radical (unpaired) electrons. The molecule has 8 atom stereocenters. The highest BCUT2D eigenvalue weighted by atomic mass is 19.4. The monoisotopic (exact) mass is 418 g/mol. The Hall–Kier alpha value is -0.250. The minimum absolute atomic E-state index is 0. The van der Waals surface area contributed by atoms with Crippen LogP contribution in [0.1, 0.15) is 92.4 Å².